The molecule has 1 aromatic carbocycles. The van der Waals surface area contributed by atoms with Crippen molar-refractivity contribution < 1.29 is 15.0 Å². The summed E-state index contributed by atoms with van der Waals surface area (Å²) in [5.74, 6) is -1.18. The van der Waals surface area contributed by atoms with Gasteiger partial charge in [-0.1, -0.05) is 18.2 Å². The lowest BCUT2D eigenvalue weighted by Gasteiger charge is -2.17. The van der Waals surface area contributed by atoms with Gasteiger partial charge in [-0.05, 0) is 6.07 Å². The standard InChI is InChI=1S/C9H7NO3S/c11-8-5-3-1-2-4-6(5)14-10-7(8)9(12)13/h1-4,8,11H,(H,12,13). The third-order valence-electron chi connectivity index (χ3n) is 1.93. The van der Waals surface area contributed by atoms with Crippen molar-refractivity contribution in [3.63, 3.8) is 0 Å². The van der Waals surface area contributed by atoms with Gasteiger partial charge in [0.05, 0.1) is 0 Å². The van der Waals surface area contributed by atoms with Gasteiger partial charge in [-0.15, -0.1) is 0 Å². The Hall–Kier alpha value is -1.33. The highest BCUT2D eigenvalue weighted by Crippen LogP contribution is 2.34. The van der Waals surface area contributed by atoms with Gasteiger partial charge in [-0.2, -0.15) is 0 Å². The number of fused-ring (bicyclic) bond motifs is 1. The number of nitrogens with zero attached hydrogens (tertiary/aromatic N) is 1. The Morgan fingerprint density at radius 2 is 2.14 bits per heavy atom. The second-order valence-corrected chi connectivity index (χ2v) is 3.62. The van der Waals surface area contributed by atoms with Gasteiger partial charge in [0.25, 0.3) is 0 Å². The Morgan fingerprint density at radius 1 is 1.43 bits per heavy atom. The number of carbonyl (C=O) groups is 1. The van der Waals surface area contributed by atoms with Crippen LogP contribution in [0.1, 0.15) is 11.7 Å². The van der Waals surface area contributed by atoms with E-state index in [0.717, 1.165) is 16.8 Å². The van der Waals surface area contributed by atoms with Crippen molar-refractivity contribution in [1.29, 1.82) is 0 Å². The van der Waals surface area contributed by atoms with Crippen molar-refractivity contribution in [2.75, 3.05) is 0 Å². The molecule has 0 saturated carbocycles. The first kappa shape index (κ1) is 9.23. The first-order valence-electron chi connectivity index (χ1n) is 3.95. The average molecular weight is 209 g/mol. The van der Waals surface area contributed by atoms with Crippen LogP contribution < -0.4 is 0 Å². The van der Waals surface area contributed by atoms with E-state index in [2.05, 4.69) is 4.40 Å². The molecule has 0 fully saturated rings. The SMILES string of the molecule is O=C(O)C1=NSc2ccccc2C1O. The van der Waals surface area contributed by atoms with Crippen LogP contribution in [0.2, 0.25) is 0 Å². The summed E-state index contributed by atoms with van der Waals surface area (Å²) in [4.78, 5) is 11.5. The summed E-state index contributed by atoms with van der Waals surface area (Å²) in [5.41, 5.74) is 0.388. The molecule has 1 unspecified atom stereocenters. The smallest absolute Gasteiger partial charge is 0.354 e. The van der Waals surface area contributed by atoms with Crippen LogP contribution in [0.25, 0.3) is 0 Å². The van der Waals surface area contributed by atoms with Gasteiger partial charge in [0.15, 0.2) is 5.71 Å². The number of aliphatic hydroxyl groups excluding tert-OH is 1. The summed E-state index contributed by atoms with van der Waals surface area (Å²) >= 11 is 1.08. The van der Waals surface area contributed by atoms with Crippen molar-refractivity contribution in [2.45, 2.75) is 11.0 Å². The van der Waals surface area contributed by atoms with Crippen LogP contribution in [-0.4, -0.2) is 21.9 Å². The minimum atomic E-state index is -1.18. The number of carboxylic acid groups (broad SMARTS) is 1. The third-order valence-corrected chi connectivity index (χ3v) is 2.79. The lowest BCUT2D eigenvalue weighted by molar-refractivity contribution is -0.129. The molecule has 1 aliphatic rings. The summed E-state index contributed by atoms with van der Waals surface area (Å²) in [7, 11) is 0. The van der Waals surface area contributed by atoms with Crippen LogP contribution >= 0.6 is 11.9 Å². The molecule has 2 N–H and O–H groups in total. The van der Waals surface area contributed by atoms with E-state index in [1.165, 1.54) is 0 Å². The quantitative estimate of drug-likeness (QED) is 0.683. The molecule has 0 bridgehead atoms. The molecule has 72 valence electrons. The van der Waals surface area contributed by atoms with E-state index in [9.17, 15) is 9.90 Å². The van der Waals surface area contributed by atoms with Crippen molar-refractivity contribution in [3.8, 4) is 0 Å². The van der Waals surface area contributed by atoms with E-state index < -0.39 is 12.1 Å². The lowest BCUT2D eigenvalue weighted by atomic mass is 10.1. The maximum absolute atomic E-state index is 10.7. The highest BCUT2D eigenvalue weighted by Gasteiger charge is 2.27. The number of carboxylic acids is 1. The van der Waals surface area contributed by atoms with Crippen LogP contribution in [0.3, 0.4) is 0 Å². The predicted molar refractivity (Wildman–Crippen MR) is 52.3 cm³/mol. The number of hydrogen-bond acceptors (Lipinski definition) is 4. The average Bonchev–Trinajstić information content (AvgIpc) is 2.18. The highest BCUT2D eigenvalue weighted by molar-refractivity contribution is 7.98. The minimum absolute atomic E-state index is 0.214. The molecule has 0 aliphatic carbocycles. The summed E-state index contributed by atoms with van der Waals surface area (Å²) in [6.07, 6.45) is -1.12. The number of aliphatic hydroxyl groups is 1. The number of hydrogen-bond donors (Lipinski definition) is 2. The van der Waals surface area contributed by atoms with E-state index in [1.807, 2.05) is 6.07 Å². The molecule has 0 spiro atoms. The zero-order valence-corrected chi connectivity index (χ0v) is 7.86. The van der Waals surface area contributed by atoms with Gasteiger partial charge in [0.2, 0.25) is 0 Å². The minimum Gasteiger partial charge on any atom is -0.477 e. The zero-order chi connectivity index (χ0) is 10.1. The molecule has 1 aromatic rings. The molecule has 0 amide bonds. The molecule has 14 heavy (non-hydrogen) atoms. The Balaban J connectivity index is 2.44. The maximum Gasteiger partial charge on any atom is 0.354 e. The summed E-state index contributed by atoms with van der Waals surface area (Å²) < 4.78 is 3.74. The van der Waals surface area contributed by atoms with Crippen LogP contribution in [0.15, 0.2) is 33.6 Å². The maximum atomic E-state index is 10.7. The Morgan fingerprint density at radius 3 is 2.86 bits per heavy atom. The molecule has 1 atom stereocenters. The predicted octanol–water partition coefficient (Wildman–Crippen LogP) is 1.27. The highest BCUT2D eigenvalue weighted by atomic mass is 32.2. The fourth-order valence-electron chi connectivity index (χ4n) is 1.24. The lowest BCUT2D eigenvalue weighted by Crippen LogP contribution is -2.23. The van der Waals surface area contributed by atoms with Crippen molar-refractivity contribution in [1.82, 2.24) is 0 Å². The van der Waals surface area contributed by atoms with E-state index in [1.54, 1.807) is 18.2 Å². The zero-order valence-electron chi connectivity index (χ0n) is 7.04. The van der Waals surface area contributed by atoms with Gasteiger partial charge in [-0.3, -0.25) is 0 Å². The van der Waals surface area contributed by atoms with Crippen LogP contribution in [0.4, 0.5) is 0 Å². The van der Waals surface area contributed by atoms with E-state index in [4.69, 9.17) is 5.11 Å². The van der Waals surface area contributed by atoms with Gasteiger partial charge >= 0.3 is 5.97 Å². The number of benzene rings is 1. The second kappa shape index (κ2) is 3.43. The topological polar surface area (TPSA) is 69.9 Å². The number of rotatable bonds is 1. The van der Waals surface area contributed by atoms with Crippen LogP contribution in [0.5, 0.6) is 0 Å². The molecule has 4 nitrogen and oxygen atoms in total. The van der Waals surface area contributed by atoms with Gasteiger partial charge < -0.3 is 10.2 Å². The van der Waals surface area contributed by atoms with E-state index in [0.29, 0.717) is 5.56 Å². The molecular formula is C9H7NO3S. The third kappa shape index (κ3) is 1.40. The molecular weight excluding hydrogens is 202 g/mol. The van der Waals surface area contributed by atoms with Gasteiger partial charge in [0, 0.05) is 22.4 Å². The largest absolute Gasteiger partial charge is 0.477 e. The fraction of sp³-hybridized carbons (Fsp3) is 0.111. The molecule has 0 radical (unpaired) electrons. The normalized spacial score (nSPS) is 19.8. The molecule has 0 aromatic heterocycles. The molecule has 5 heteroatoms. The van der Waals surface area contributed by atoms with Crippen molar-refractivity contribution >= 4 is 23.6 Å². The fourth-order valence-corrected chi connectivity index (χ4v) is 2.04. The second-order valence-electron chi connectivity index (χ2n) is 2.81. The molecule has 1 heterocycles. The van der Waals surface area contributed by atoms with Crippen LogP contribution in [0, 0.1) is 0 Å². The Bertz CT molecular complexity index is 416. The first-order chi connectivity index (χ1) is 6.70. The van der Waals surface area contributed by atoms with Crippen molar-refractivity contribution in [3.05, 3.63) is 29.8 Å². The molecule has 2 rings (SSSR count). The molecule has 1 aliphatic heterocycles. The van der Waals surface area contributed by atoms with Gasteiger partial charge in [0.1, 0.15) is 6.10 Å². The monoisotopic (exact) mass is 209 g/mol. The van der Waals surface area contributed by atoms with Crippen molar-refractivity contribution in [2.24, 2.45) is 4.40 Å². The van der Waals surface area contributed by atoms with E-state index in [-0.39, 0.29) is 5.71 Å². The first-order valence-corrected chi connectivity index (χ1v) is 4.72. The van der Waals surface area contributed by atoms with Gasteiger partial charge in [-0.25, -0.2) is 9.19 Å². The summed E-state index contributed by atoms with van der Waals surface area (Å²) in [5, 5.41) is 18.4. The van der Waals surface area contributed by atoms with E-state index >= 15 is 0 Å². The van der Waals surface area contributed by atoms with Crippen LogP contribution in [-0.2, 0) is 4.79 Å². The molecule has 0 saturated heterocycles. The number of aliphatic carboxylic acids is 1. The summed E-state index contributed by atoms with van der Waals surface area (Å²) in [6, 6.07) is 7.07. The summed E-state index contributed by atoms with van der Waals surface area (Å²) in [6.45, 7) is 0. The Kier molecular flexibility index (Phi) is 2.26. The Labute approximate surface area is 84.4 Å².